The normalized spacial score (nSPS) is 14.9. The number of alkyl halides is 3. The largest absolute Gasteiger partial charge is 0.573 e. The molecule has 5 rings (SSSR count). The smallest absolute Gasteiger partial charge is 0.444 e. The van der Waals surface area contributed by atoms with Crippen molar-refractivity contribution in [2.24, 2.45) is 7.05 Å². The van der Waals surface area contributed by atoms with Crippen LogP contribution in [-0.4, -0.2) is 62.5 Å². The van der Waals surface area contributed by atoms with Crippen molar-refractivity contribution in [3.8, 4) is 5.75 Å². The summed E-state index contributed by atoms with van der Waals surface area (Å²) in [6, 6.07) is 9.10. The summed E-state index contributed by atoms with van der Waals surface area (Å²) in [5, 5.41) is 6.60. The van der Waals surface area contributed by atoms with E-state index in [4.69, 9.17) is 4.74 Å². The van der Waals surface area contributed by atoms with Gasteiger partial charge in [0.25, 0.3) is 5.91 Å². The summed E-state index contributed by atoms with van der Waals surface area (Å²) in [7, 11) is 1.80. The Balaban J connectivity index is 1.24. The van der Waals surface area contributed by atoms with Crippen LogP contribution in [0.5, 0.6) is 5.75 Å². The topological polar surface area (TPSA) is 111 Å². The molecule has 218 valence electrons. The highest BCUT2D eigenvalue weighted by molar-refractivity contribution is 7.22. The molecule has 2 aromatic carbocycles. The lowest BCUT2D eigenvalue weighted by atomic mass is 10.0. The summed E-state index contributed by atoms with van der Waals surface area (Å²) in [5.74, 6) is -0.0916. The van der Waals surface area contributed by atoms with Crippen molar-refractivity contribution in [1.29, 1.82) is 0 Å². The van der Waals surface area contributed by atoms with Gasteiger partial charge in [-0.15, -0.1) is 13.2 Å². The molecule has 0 saturated carbocycles. The first-order valence-corrected chi connectivity index (χ1v) is 13.7. The second-order valence-corrected chi connectivity index (χ2v) is 11.8. The van der Waals surface area contributed by atoms with Gasteiger partial charge in [0.1, 0.15) is 11.4 Å². The lowest BCUT2D eigenvalue weighted by Crippen LogP contribution is -2.47. The Bertz CT molecular complexity index is 1600. The van der Waals surface area contributed by atoms with Crippen molar-refractivity contribution in [3.63, 3.8) is 0 Å². The number of aryl methyl sites for hydroxylation is 1. The number of rotatable bonds is 5. The van der Waals surface area contributed by atoms with Gasteiger partial charge in [-0.3, -0.25) is 4.79 Å². The van der Waals surface area contributed by atoms with Gasteiger partial charge in [-0.1, -0.05) is 11.3 Å². The average Bonchev–Trinajstić information content (AvgIpc) is 3.41. The number of aromatic nitrogens is 3. The van der Waals surface area contributed by atoms with Crippen LogP contribution in [0.2, 0.25) is 0 Å². The lowest BCUT2D eigenvalue weighted by Gasteiger charge is -2.33. The number of amides is 2. The number of imidazole rings is 1. The zero-order valence-corrected chi connectivity index (χ0v) is 23.7. The van der Waals surface area contributed by atoms with Crippen LogP contribution in [0.4, 0.5) is 29.0 Å². The third-order valence-corrected chi connectivity index (χ3v) is 7.37. The molecule has 1 saturated heterocycles. The highest BCUT2D eigenvalue weighted by Gasteiger charge is 2.31. The highest BCUT2D eigenvalue weighted by Crippen LogP contribution is 2.33. The zero-order chi connectivity index (χ0) is 29.5. The number of fused-ring (bicyclic) bond motifs is 2. The minimum Gasteiger partial charge on any atom is -0.444 e. The number of hydrogen-bond donors (Lipinski definition) is 2. The molecule has 10 nitrogen and oxygen atoms in total. The fraction of sp³-hybridized carbons (Fsp3) is 0.407. The van der Waals surface area contributed by atoms with Crippen molar-refractivity contribution in [2.75, 3.05) is 18.4 Å². The van der Waals surface area contributed by atoms with E-state index < -0.39 is 12.0 Å². The van der Waals surface area contributed by atoms with Crippen LogP contribution in [0.25, 0.3) is 21.3 Å². The minimum atomic E-state index is -4.78. The summed E-state index contributed by atoms with van der Waals surface area (Å²) >= 11 is 1.16. The first-order valence-electron chi connectivity index (χ1n) is 12.9. The van der Waals surface area contributed by atoms with Crippen molar-refractivity contribution >= 4 is 55.7 Å². The molecule has 0 bridgehead atoms. The number of ether oxygens (including phenoxy) is 2. The van der Waals surface area contributed by atoms with Gasteiger partial charge in [0.15, 0.2) is 5.13 Å². The summed E-state index contributed by atoms with van der Waals surface area (Å²) in [6.07, 6.45) is -3.88. The molecule has 1 aliphatic rings. The van der Waals surface area contributed by atoms with E-state index in [1.807, 2.05) is 20.8 Å². The second-order valence-electron chi connectivity index (χ2n) is 10.7. The Hall–Kier alpha value is -4.07. The maximum absolute atomic E-state index is 13.0. The van der Waals surface area contributed by atoms with Crippen molar-refractivity contribution < 1.29 is 32.2 Å². The number of thiazole rings is 1. The molecule has 0 spiro atoms. The van der Waals surface area contributed by atoms with Crippen LogP contribution >= 0.6 is 11.3 Å². The van der Waals surface area contributed by atoms with Crippen LogP contribution in [0, 0.1) is 0 Å². The number of anilines is 2. The number of piperidine rings is 1. The quantitative estimate of drug-likeness (QED) is 0.295. The monoisotopic (exact) mass is 590 g/mol. The van der Waals surface area contributed by atoms with Gasteiger partial charge in [-0.25, -0.2) is 14.8 Å². The number of carbonyl (C=O) groups is 2. The van der Waals surface area contributed by atoms with E-state index >= 15 is 0 Å². The molecule has 3 heterocycles. The van der Waals surface area contributed by atoms with Crippen molar-refractivity contribution in [1.82, 2.24) is 24.8 Å². The van der Waals surface area contributed by atoms with Crippen LogP contribution in [-0.2, 0) is 11.8 Å². The Kier molecular flexibility index (Phi) is 7.45. The molecule has 0 unspecified atom stereocenters. The van der Waals surface area contributed by atoms with E-state index in [0.29, 0.717) is 58.3 Å². The number of carbonyl (C=O) groups excluding carboxylic acids is 2. The molecule has 1 fully saturated rings. The van der Waals surface area contributed by atoms with Crippen LogP contribution in [0.15, 0.2) is 36.4 Å². The molecule has 0 aliphatic carbocycles. The summed E-state index contributed by atoms with van der Waals surface area (Å²) in [5.41, 5.74) is 1.77. The number of halogens is 3. The van der Waals surface area contributed by atoms with E-state index in [-0.39, 0.29) is 23.8 Å². The third kappa shape index (κ3) is 6.81. The lowest BCUT2D eigenvalue weighted by molar-refractivity contribution is -0.274. The average molecular weight is 591 g/mol. The van der Waals surface area contributed by atoms with E-state index in [0.717, 1.165) is 16.9 Å². The summed E-state index contributed by atoms with van der Waals surface area (Å²) in [4.78, 5) is 36.0. The number of benzene rings is 2. The van der Waals surface area contributed by atoms with Crippen molar-refractivity contribution in [3.05, 3.63) is 42.0 Å². The number of likely N-dealkylation sites (tertiary alicyclic amines) is 1. The molecular weight excluding hydrogens is 561 g/mol. The highest BCUT2D eigenvalue weighted by atomic mass is 32.1. The van der Waals surface area contributed by atoms with Gasteiger partial charge in [0.05, 0.1) is 21.3 Å². The Labute approximate surface area is 237 Å². The maximum Gasteiger partial charge on any atom is 0.573 e. The Morgan fingerprint density at radius 2 is 1.76 bits per heavy atom. The predicted molar refractivity (Wildman–Crippen MR) is 149 cm³/mol. The zero-order valence-electron chi connectivity index (χ0n) is 22.8. The van der Waals surface area contributed by atoms with Crippen LogP contribution < -0.4 is 15.4 Å². The molecule has 2 N–H and O–H groups in total. The molecular formula is C27H29F3N6O4S. The summed E-state index contributed by atoms with van der Waals surface area (Å²) < 4.78 is 49.4. The van der Waals surface area contributed by atoms with Gasteiger partial charge >= 0.3 is 12.5 Å². The number of nitrogens with one attached hydrogen (secondary N) is 2. The van der Waals surface area contributed by atoms with Gasteiger partial charge in [0, 0.05) is 37.8 Å². The third-order valence-electron chi connectivity index (χ3n) is 6.44. The van der Waals surface area contributed by atoms with Gasteiger partial charge in [-0.05, 0) is 63.9 Å². The number of nitrogens with zero attached hydrogens (tertiary/aromatic N) is 4. The predicted octanol–water partition coefficient (Wildman–Crippen LogP) is 5.95. The maximum atomic E-state index is 13.0. The minimum absolute atomic E-state index is 0.0704. The van der Waals surface area contributed by atoms with E-state index in [2.05, 4.69) is 25.3 Å². The number of hydrogen-bond acceptors (Lipinski definition) is 8. The van der Waals surface area contributed by atoms with Crippen LogP contribution in [0.3, 0.4) is 0 Å². The first-order chi connectivity index (χ1) is 19.2. The molecule has 2 amide bonds. The molecule has 4 aromatic rings. The molecule has 0 atom stereocenters. The van der Waals surface area contributed by atoms with Gasteiger partial charge in [-0.2, -0.15) is 0 Å². The molecule has 41 heavy (non-hydrogen) atoms. The second kappa shape index (κ2) is 10.7. The van der Waals surface area contributed by atoms with E-state index in [1.54, 1.807) is 34.7 Å². The molecule has 1 aliphatic heterocycles. The fourth-order valence-corrected chi connectivity index (χ4v) is 5.39. The fourth-order valence-electron chi connectivity index (χ4n) is 4.51. The van der Waals surface area contributed by atoms with E-state index in [1.165, 1.54) is 18.2 Å². The summed E-state index contributed by atoms with van der Waals surface area (Å²) in [6.45, 7) is 6.47. The SMILES string of the molecule is Cn1c(Nc2nc3ccc(OC(F)(F)F)cc3s2)nc2cc(C(=O)NC3CCN(C(=O)OC(C)(C)C)CC3)ccc21. The van der Waals surface area contributed by atoms with Crippen molar-refractivity contribution in [2.45, 2.75) is 51.6 Å². The molecule has 14 heteroatoms. The van der Waals surface area contributed by atoms with Crippen LogP contribution in [0.1, 0.15) is 44.0 Å². The van der Waals surface area contributed by atoms with Gasteiger partial charge < -0.3 is 29.6 Å². The van der Waals surface area contributed by atoms with Gasteiger partial charge in [0.2, 0.25) is 5.95 Å². The Morgan fingerprint density at radius 1 is 1.02 bits per heavy atom. The molecule has 0 radical (unpaired) electrons. The Morgan fingerprint density at radius 3 is 2.44 bits per heavy atom. The first kappa shape index (κ1) is 28.5. The van der Waals surface area contributed by atoms with E-state index in [9.17, 15) is 22.8 Å². The molecule has 2 aromatic heterocycles. The standard InChI is InChI=1S/C27H29F3N6O4S/c1-26(2,3)40-25(38)36-11-9-16(10-12-36)31-22(37)15-5-8-20-19(13-15)32-23(35(20)4)34-24-33-18-7-6-17(14-21(18)41-24)39-27(28,29)30/h5-8,13-14,16H,9-12H2,1-4H3,(H,31,37)(H,32,33,34).